The van der Waals surface area contributed by atoms with Crippen molar-refractivity contribution in [1.82, 2.24) is 9.80 Å². The zero-order chi connectivity index (χ0) is 23.6. The van der Waals surface area contributed by atoms with Gasteiger partial charge >= 0.3 is 0 Å². The van der Waals surface area contributed by atoms with Gasteiger partial charge in [-0.25, -0.2) is 0 Å². The number of nitro benzene ring substituents is 1. The molecule has 2 saturated heterocycles. The zero-order valence-corrected chi connectivity index (χ0v) is 19.3. The topological polar surface area (TPSA) is 102 Å². The highest BCUT2D eigenvalue weighted by molar-refractivity contribution is 8.00. The summed E-state index contributed by atoms with van der Waals surface area (Å²) in [4.78, 5) is 40.2. The van der Waals surface area contributed by atoms with Crippen molar-refractivity contribution >= 4 is 29.3 Å². The lowest BCUT2D eigenvalue weighted by Crippen LogP contribution is -2.53. The molecule has 33 heavy (non-hydrogen) atoms. The van der Waals surface area contributed by atoms with Crippen molar-refractivity contribution in [3.05, 3.63) is 63.7 Å². The summed E-state index contributed by atoms with van der Waals surface area (Å²) in [5.74, 6) is 1.61. The maximum atomic E-state index is 13.5. The monoisotopic (exact) mass is 471 g/mol. The molecule has 0 bridgehead atoms. The molecule has 0 saturated carbocycles. The Morgan fingerprint density at radius 1 is 0.970 bits per heavy atom. The second-order valence-electron chi connectivity index (χ2n) is 7.95. The number of amides is 2. The van der Waals surface area contributed by atoms with Gasteiger partial charge in [-0.15, -0.1) is 11.8 Å². The SMILES string of the molecule is COc1cc(OC)cc(C(=O)N2CCSC23CCN(C(=O)c2cccc([N+](=O)[O-])c2)CC3)c1. The lowest BCUT2D eigenvalue weighted by Gasteiger charge is -2.44. The summed E-state index contributed by atoms with van der Waals surface area (Å²) in [5, 5.41) is 11.0. The summed E-state index contributed by atoms with van der Waals surface area (Å²) in [6.07, 6.45) is 1.26. The van der Waals surface area contributed by atoms with Gasteiger partial charge in [-0.1, -0.05) is 6.07 Å². The second kappa shape index (κ2) is 9.30. The van der Waals surface area contributed by atoms with Gasteiger partial charge in [-0.05, 0) is 31.0 Å². The third kappa shape index (κ3) is 4.47. The number of ether oxygens (including phenoxy) is 2. The Labute approximate surface area is 195 Å². The molecule has 0 radical (unpaired) electrons. The largest absolute Gasteiger partial charge is 0.497 e. The fraction of sp³-hybridized carbons (Fsp3) is 0.391. The van der Waals surface area contributed by atoms with Crippen molar-refractivity contribution in [3.8, 4) is 11.5 Å². The van der Waals surface area contributed by atoms with Crippen molar-refractivity contribution in [3.63, 3.8) is 0 Å². The molecule has 2 aromatic carbocycles. The Balaban J connectivity index is 1.49. The maximum Gasteiger partial charge on any atom is 0.270 e. The maximum absolute atomic E-state index is 13.5. The number of hydrogen-bond donors (Lipinski definition) is 0. The molecule has 0 N–H and O–H groups in total. The molecule has 10 heteroatoms. The number of nitrogens with zero attached hydrogens (tertiary/aromatic N) is 3. The first kappa shape index (κ1) is 22.9. The number of benzene rings is 2. The van der Waals surface area contributed by atoms with Crippen LogP contribution >= 0.6 is 11.8 Å². The van der Waals surface area contributed by atoms with Crippen LogP contribution in [-0.4, -0.2) is 71.0 Å². The highest BCUT2D eigenvalue weighted by atomic mass is 32.2. The number of hydrogen-bond acceptors (Lipinski definition) is 7. The molecule has 2 heterocycles. The van der Waals surface area contributed by atoms with E-state index in [-0.39, 0.29) is 22.4 Å². The summed E-state index contributed by atoms with van der Waals surface area (Å²) >= 11 is 1.75. The van der Waals surface area contributed by atoms with Crippen LogP contribution < -0.4 is 9.47 Å². The van der Waals surface area contributed by atoms with E-state index in [1.165, 1.54) is 18.2 Å². The van der Waals surface area contributed by atoms with Gasteiger partial charge in [0.05, 0.1) is 24.0 Å². The van der Waals surface area contributed by atoms with E-state index >= 15 is 0 Å². The summed E-state index contributed by atoms with van der Waals surface area (Å²) < 4.78 is 10.6. The number of likely N-dealkylation sites (tertiary alicyclic amines) is 1. The Morgan fingerprint density at radius 2 is 1.64 bits per heavy atom. The van der Waals surface area contributed by atoms with Crippen LogP contribution in [0.25, 0.3) is 0 Å². The minimum Gasteiger partial charge on any atom is -0.497 e. The highest BCUT2D eigenvalue weighted by Gasteiger charge is 2.47. The van der Waals surface area contributed by atoms with Gasteiger partial charge < -0.3 is 19.3 Å². The van der Waals surface area contributed by atoms with E-state index in [1.807, 2.05) is 4.90 Å². The van der Waals surface area contributed by atoms with Crippen molar-refractivity contribution in [2.24, 2.45) is 0 Å². The number of nitro groups is 1. The van der Waals surface area contributed by atoms with Crippen molar-refractivity contribution in [1.29, 1.82) is 0 Å². The smallest absolute Gasteiger partial charge is 0.270 e. The standard InChI is InChI=1S/C23H25N3O6S/c1-31-19-13-17(14-20(15-19)32-2)22(28)25-10-11-33-23(25)6-8-24(9-7-23)21(27)16-4-3-5-18(12-16)26(29)30/h3-5,12-15H,6-11H2,1-2H3. The fourth-order valence-corrected chi connectivity index (χ4v) is 5.85. The van der Waals surface area contributed by atoms with Crippen LogP contribution in [-0.2, 0) is 0 Å². The average Bonchev–Trinajstić information content (AvgIpc) is 3.25. The molecule has 2 aromatic rings. The van der Waals surface area contributed by atoms with Crippen molar-refractivity contribution in [2.45, 2.75) is 17.7 Å². The van der Waals surface area contributed by atoms with Crippen LogP contribution in [0, 0.1) is 10.1 Å². The molecule has 2 fully saturated rings. The molecule has 0 aromatic heterocycles. The van der Waals surface area contributed by atoms with Crippen LogP contribution in [0.5, 0.6) is 11.5 Å². The molecule has 0 unspecified atom stereocenters. The Morgan fingerprint density at radius 3 is 2.24 bits per heavy atom. The first-order chi connectivity index (χ1) is 15.9. The zero-order valence-electron chi connectivity index (χ0n) is 18.5. The Bertz CT molecular complexity index is 1060. The average molecular weight is 472 g/mol. The van der Waals surface area contributed by atoms with Crippen LogP contribution in [0.1, 0.15) is 33.6 Å². The molecular weight excluding hydrogens is 446 g/mol. The van der Waals surface area contributed by atoms with Crippen LogP contribution in [0.2, 0.25) is 0 Å². The molecule has 2 amide bonds. The van der Waals surface area contributed by atoms with Gasteiger partial charge in [0, 0.05) is 54.7 Å². The fourth-order valence-electron chi connectivity index (χ4n) is 4.39. The van der Waals surface area contributed by atoms with Gasteiger partial charge in [0.25, 0.3) is 17.5 Å². The first-order valence-corrected chi connectivity index (χ1v) is 11.6. The van der Waals surface area contributed by atoms with E-state index in [4.69, 9.17) is 9.47 Å². The molecule has 2 aliphatic heterocycles. The summed E-state index contributed by atoms with van der Waals surface area (Å²) in [7, 11) is 3.09. The van der Waals surface area contributed by atoms with Crippen molar-refractivity contribution in [2.75, 3.05) is 39.6 Å². The number of thioether (sulfide) groups is 1. The minimum absolute atomic E-state index is 0.0874. The van der Waals surface area contributed by atoms with E-state index in [9.17, 15) is 19.7 Å². The van der Waals surface area contributed by atoms with E-state index in [0.717, 1.165) is 5.75 Å². The summed E-state index contributed by atoms with van der Waals surface area (Å²) in [5.41, 5.74) is 0.699. The third-order valence-corrected chi connectivity index (χ3v) is 7.71. The predicted molar refractivity (Wildman–Crippen MR) is 124 cm³/mol. The number of carbonyl (C=O) groups excluding carboxylic acids is 2. The minimum atomic E-state index is -0.506. The Kier molecular flexibility index (Phi) is 6.46. The van der Waals surface area contributed by atoms with Crippen LogP contribution in [0.3, 0.4) is 0 Å². The van der Waals surface area contributed by atoms with Crippen molar-refractivity contribution < 1.29 is 24.0 Å². The van der Waals surface area contributed by atoms with E-state index in [2.05, 4.69) is 0 Å². The first-order valence-electron chi connectivity index (χ1n) is 10.6. The molecule has 0 aliphatic carbocycles. The number of methoxy groups -OCH3 is 2. The number of non-ortho nitro benzene ring substituents is 1. The summed E-state index contributed by atoms with van der Waals surface area (Å²) in [6, 6.07) is 10.9. The van der Waals surface area contributed by atoms with Gasteiger partial charge in [-0.3, -0.25) is 19.7 Å². The quantitative estimate of drug-likeness (QED) is 0.486. The molecule has 4 rings (SSSR count). The third-order valence-electron chi connectivity index (χ3n) is 6.16. The lowest BCUT2D eigenvalue weighted by molar-refractivity contribution is -0.384. The molecule has 2 aliphatic rings. The van der Waals surface area contributed by atoms with Gasteiger partial charge in [0.1, 0.15) is 11.5 Å². The second-order valence-corrected chi connectivity index (χ2v) is 9.41. The number of rotatable bonds is 5. The molecule has 9 nitrogen and oxygen atoms in total. The lowest BCUT2D eigenvalue weighted by atomic mass is 10.00. The van der Waals surface area contributed by atoms with E-state index in [0.29, 0.717) is 55.1 Å². The number of piperidine rings is 1. The van der Waals surface area contributed by atoms with Crippen LogP contribution in [0.4, 0.5) is 5.69 Å². The Hall–Kier alpha value is -3.27. The van der Waals surface area contributed by atoms with Gasteiger partial charge in [-0.2, -0.15) is 0 Å². The summed E-state index contributed by atoms with van der Waals surface area (Å²) in [6.45, 7) is 1.57. The molecular formula is C23H25N3O6S. The molecule has 1 spiro atoms. The highest BCUT2D eigenvalue weighted by Crippen LogP contribution is 2.45. The van der Waals surface area contributed by atoms with Gasteiger partial charge in [0.2, 0.25) is 0 Å². The van der Waals surface area contributed by atoms with E-state index < -0.39 is 4.92 Å². The molecule has 174 valence electrons. The van der Waals surface area contributed by atoms with Crippen LogP contribution in [0.15, 0.2) is 42.5 Å². The van der Waals surface area contributed by atoms with E-state index in [1.54, 1.807) is 55.1 Å². The number of carbonyl (C=O) groups is 2. The predicted octanol–water partition coefficient (Wildman–Crippen LogP) is 3.43. The normalized spacial score (nSPS) is 17.2. The molecule has 0 atom stereocenters. The van der Waals surface area contributed by atoms with Gasteiger partial charge in [0.15, 0.2) is 0 Å².